The minimum atomic E-state index is -0.393. The second-order valence-corrected chi connectivity index (χ2v) is 6.53. The minimum Gasteiger partial charge on any atom is -0.444 e. The van der Waals surface area contributed by atoms with Crippen molar-refractivity contribution >= 4 is 6.09 Å². The number of hydrogen-bond donors (Lipinski definition) is 1. The molecule has 2 fully saturated rings. The zero-order chi connectivity index (χ0) is 13.2. The van der Waals surface area contributed by atoms with Crippen LogP contribution in [0.15, 0.2) is 0 Å². The Morgan fingerprint density at radius 3 is 2.78 bits per heavy atom. The molecule has 4 nitrogen and oxygen atoms in total. The van der Waals surface area contributed by atoms with Crippen LogP contribution in [-0.4, -0.2) is 42.3 Å². The highest BCUT2D eigenvalue weighted by Crippen LogP contribution is 2.25. The van der Waals surface area contributed by atoms with E-state index in [0.717, 1.165) is 26.1 Å². The van der Waals surface area contributed by atoms with Gasteiger partial charge in [0.1, 0.15) is 5.60 Å². The molecule has 0 aromatic heterocycles. The lowest BCUT2D eigenvalue weighted by Gasteiger charge is -2.38. The van der Waals surface area contributed by atoms with Crippen molar-refractivity contribution in [3.8, 4) is 0 Å². The number of amides is 1. The molecule has 0 radical (unpaired) electrons. The summed E-state index contributed by atoms with van der Waals surface area (Å²) in [5, 5.41) is 3.61. The van der Waals surface area contributed by atoms with Crippen molar-refractivity contribution in [1.82, 2.24) is 10.2 Å². The Morgan fingerprint density at radius 2 is 2.06 bits per heavy atom. The summed E-state index contributed by atoms with van der Waals surface area (Å²) in [5.74, 6) is 0.605. The van der Waals surface area contributed by atoms with E-state index in [1.165, 1.54) is 19.3 Å². The van der Waals surface area contributed by atoms with Crippen molar-refractivity contribution in [3.05, 3.63) is 0 Å². The number of likely N-dealkylation sites (tertiary alicyclic amines) is 1. The van der Waals surface area contributed by atoms with Crippen molar-refractivity contribution < 1.29 is 9.53 Å². The largest absolute Gasteiger partial charge is 0.444 e. The lowest BCUT2D eigenvalue weighted by molar-refractivity contribution is 0.0133. The zero-order valence-electron chi connectivity index (χ0n) is 11.9. The van der Waals surface area contributed by atoms with E-state index in [0.29, 0.717) is 12.0 Å². The molecular weight excluding hydrogens is 228 g/mol. The Hall–Kier alpha value is -0.770. The molecule has 1 N–H and O–H groups in total. The molecule has 0 aromatic carbocycles. The van der Waals surface area contributed by atoms with Gasteiger partial charge in [0.25, 0.3) is 0 Å². The summed E-state index contributed by atoms with van der Waals surface area (Å²) in [6, 6.07) is 0.603. The monoisotopic (exact) mass is 254 g/mol. The molecule has 18 heavy (non-hydrogen) atoms. The van der Waals surface area contributed by atoms with Crippen LogP contribution in [0, 0.1) is 5.92 Å². The molecule has 2 heterocycles. The van der Waals surface area contributed by atoms with Crippen molar-refractivity contribution in [2.24, 2.45) is 5.92 Å². The molecule has 1 amide bonds. The van der Waals surface area contributed by atoms with E-state index in [1.807, 2.05) is 25.7 Å². The number of fused-ring (bicyclic) bond motifs is 1. The molecule has 2 aliphatic rings. The Morgan fingerprint density at radius 1 is 1.28 bits per heavy atom. The summed E-state index contributed by atoms with van der Waals surface area (Å²) >= 11 is 0. The zero-order valence-corrected chi connectivity index (χ0v) is 11.9. The maximum atomic E-state index is 12.1. The van der Waals surface area contributed by atoms with Crippen LogP contribution in [0.2, 0.25) is 0 Å². The number of hydrogen-bond acceptors (Lipinski definition) is 3. The first-order valence-electron chi connectivity index (χ1n) is 7.17. The van der Waals surface area contributed by atoms with E-state index in [1.54, 1.807) is 0 Å². The highest BCUT2D eigenvalue weighted by Gasteiger charge is 2.33. The third-order valence-electron chi connectivity index (χ3n) is 3.79. The first-order valence-corrected chi connectivity index (χ1v) is 7.17. The second-order valence-electron chi connectivity index (χ2n) is 6.53. The van der Waals surface area contributed by atoms with Gasteiger partial charge < -0.3 is 15.0 Å². The smallest absolute Gasteiger partial charge is 0.410 e. The lowest BCUT2D eigenvalue weighted by Crippen LogP contribution is -2.51. The first kappa shape index (κ1) is 13.7. The molecule has 2 saturated heterocycles. The molecule has 4 heteroatoms. The normalized spacial score (nSPS) is 29.4. The van der Waals surface area contributed by atoms with Crippen LogP contribution < -0.4 is 5.32 Å². The second kappa shape index (κ2) is 5.47. The van der Waals surface area contributed by atoms with Crippen LogP contribution >= 0.6 is 0 Å². The third kappa shape index (κ3) is 3.61. The van der Waals surface area contributed by atoms with Gasteiger partial charge >= 0.3 is 6.09 Å². The minimum absolute atomic E-state index is 0.148. The summed E-state index contributed by atoms with van der Waals surface area (Å²) in [4.78, 5) is 13.9. The molecule has 0 spiro atoms. The number of ether oxygens (including phenoxy) is 1. The van der Waals surface area contributed by atoms with Gasteiger partial charge in [0.05, 0.1) is 0 Å². The van der Waals surface area contributed by atoms with Gasteiger partial charge in [0.2, 0.25) is 0 Å². The van der Waals surface area contributed by atoms with Gasteiger partial charge in [-0.1, -0.05) is 6.42 Å². The van der Waals surface area contributed by atoms with E-state index in [-0.39, 0.29) is 6.09 Å². The highest BCUT2D eigenvalue weighted by molar-refractivity contribution is 5.68. The molecule has 2 unspecified atom stereocenters. The van der Waals surface area contributed by atoms with Crippen molar-refractivity contribution in [2.75, 3.05) is 19.6 Å². The van der Waals surface area contributed by atoms with Crippen LogP contribution in [0.1, 0.15) is 46.5 Å². The van der Waals surface area contributed by atoms with Crippen molar-refractivity contribution in [1.29, 1.82) is 0 Å². The number of nitrogens with zero attached hydrogens (tertiary/aromatic N) is 1. The Balaban J connectivity index is 1.91. The number of piperidine rings is 1. The third-order valence-corrected chi connectivity index (χ3v) is 3.79. The van der Waals surface area contributed by atoms with Gasteiger partial charge in [-0.2, -0.15) is 0 Å². The topological polar surface area (TPSA) is 41.6 Å². The van der Waals surface area contributed by atoms with E-state index in [2.05, 4.69) is 5.32 Å². The summed E-state index contributed by atoms with van der Waals surface area (Å²) in [5.41, 5.74) is -0.393. The maximum Gasteiger partial charge on any atom is 0.410 e. The predicted molar refractivity (Wildman–Crippen MR) is 71.6 cm³/mol. The van der Waals surface area contributed by atoms with Gasteiger partial charge in [-0.05, 0) is 52.5 Å². The summed E-state index contributed by atoms with van der Waals surface area (Å²) < 4.78 is 5.45. The Kier molecular flexibility index (Phi) is 4.15. The molecule has 2 rings (SSSR count). The van der Waals surface area contributed by atoms with Crippen LogP contribution in [-0.2, 0) is 4.74 Å². The lowest BCUT2D eigenvalue weighted by atomic mass is 9.89. The molecule has 2 aliphatic heterocycles. The quantitative estimate of drug-likeness (QED) is 0.721. The fourth-order valence-corrected chi connectivity index (χ4v) is 2.90. The summed E-state index contributed by atoms with van der Waals surface area (Å²) in [6.07, 6.45) is 4.68. The number of carbonyl (C=O) groups excluding carboxylic acids is 1. The Bertz CT molecular complexity index is 299. The van der Waals surface area contributed by atoms with E-state index in [4.69, 9.17) is 4.74 Å². The van der Waals surface area contributed by atoms with E-state index < -0.39 is 5.60 Å². The van der Waals surface area contributed by atoms with Gasteiger partial charge in [-0.15, -0.1) is 0 Å². The van der Waals surface area contributed by atoms with Gasteiger partial charge in [0.15, 0.2) is 0 Å². The predicted octanol–water partition coefficient (Wildman–Crippen LogP) is 2.39. The van der Waals surface area contributed by atoms with Crippen molar-refractivity contribution in [3.63, 3.8) is 0 Å². The van der Waals surface area contributed by atoms with Crippen LogP contribution in [0.25, 0.3) is 0 Å². The summed E-state index contributed by atoms with van der Waals surface area (Å²) in [7, 11) is 0. The standard InChI is InChI=1S/C14H26N2O2/c1-14(2,3)18-13(17)16-9-7-12-11(10-16)6-4-5-8-15-12/h11-12,15H,4-10H2,1-3H3. The van der Waals surface area contributed by atoms with Gasteiger partial charge in [-0.3, -0.25) is 0 Å². The number of carbonyl (C=O) groups is 1. The van der Waals surface area contributed by atoms with Gasteiger partial charge in [-0.25, -0.2) is 4.79 Å². The first-order chi connectivity index (χ1) is 8.46. The SMILES string of the molecule is CC(C)(C)OC(=O)N1CCC2NCCCCC2C1. The molecule has 0 bridgehead atoms. The van der Waals surface area contributed by atoms with E-state index >= 15 is 0 Å². The molecule has 0 saturated carbocycles. The average molecular weight is 254 g/mol. The number of nitrogens with one attached hydrogen (secondary N) is 1. The molecule has 2 atom stereocenters. The average Bonchev–Trinajstić information content (AvgIpc) is 2.50. The van der Waals surface area contributed by atoms with Crippen LogP contribution in [0.3, 0.4) is 0 Å². The van der Waals surface area contributed by atoms with E-state index in [9.17, 15) is 4.79 Å². The molecule has 0 aliphatic carbocycles. The van der Waals surface area contributed by atoms with Crippen molar-refractivity contribution in [2.45, 2.75) is 58.1 Å². The van der Waals surface area contributed by atoms with Crippen LogP contribution in [0.5, 0.6) is 0 Å². The van der Waals surface area contributed by atoms with Gasteiger partial charge in [0, 0.05) is 19.1 Å². The highest BCUT2D eigenvalue weighted by atomic mass is 16.6. The fourth-order valence-electron chi connectivity index (χ4n) is 2.90. The molecule has 0 aromatic rings. The Labute approximate surface area is 110 Å². The fraction of sp³-hybridized carbons (Fsp3) is 0.929. The molecular formula is C14H26N2O2. The number of rotatable bonds is 0. The summed E-state index contributed by atoms with van der Waals surface area (Å²) in [6.45, 7) is 8.57. The maximum absolute atomic E-state index is 12.1. The molecule has 104 valence electrons. The van der Waals surface area contributed by atoms with Crippen LogP contribution in [0.4, 0.5) is 4.79 Å².